The summed E-state index contributed by atoms with van der Waals surface area (Å²) in [5.74, 6) is 5.64. The van der Waals surface area contributed by atoms with E-state index in [0.29, 0.717) is 24.5 Å². The second kappa shape index (κ2) is 9.41. The van der Waals surface area contributed by atoms with Crippen molar-refractivity contribution in [3.8, 4) is 5.75 Å². The molecule has 6 nitrogen and oxygen atoms in total. The third kappa shape index (κ3) is 4.28. The van der Waals surface area contributed by atoms with E-state index in [2.05, 4.69) is 10.0 Å². The quantitative estimate of drug-likeness (QED) is 0.207. The maximum Gasteiger partial charge on any atom is 0.344 e. The van der Waals surface area contributed by atoms with E-state index >= 15 is 0 Å². The molecule has 1 heterocycles. The van der Waals surface area contributed by atoms with Crippen LogP contribution in [0.5, 0.6) is 5.75 Å². The van der Waals surface area contributed by atoms with Crippen LogP contribution in [0.3, 0.4) is 0 Å². The first-order valence-electron chi connectivity index (χ1n) is 10.1. The van der Waals surface area contributed by atoms with Crippen LogP contribution in [0.4, 0.5) is 0 Å². The molecule has 0 aromatic heterocycles. The molecular formula is C24H25N3O3. The van der Waals surface area contributed by atoms with E-state index in [-0.39, 0.29) is 5.97 Å². The van der Waals surface area contributed by atoms with Crippen LogP contribution >= 0.6 is 0 Å². The summed E-state index contributed by atoms with van der Waals surface area (Å²) in [6.45, 7) is 2.82. The van der Waals surface area contributed by atoms with Crippen molar-refractivity contribution in [1.82, 2.24) is 4.90 Å². The van der Waals surface area contributed by atoms with Crippen LogP contribution in [0, 0.1) is 0 Å². The molecule has 30 heavy (non-hydrogen) atoms. The van der Waals surface area contributed by atoms with Crippen LogP contribution in [-0.2, 0) is 9.53 Å². The molecule has 4 rings (SSSR count). The van der Waals surface area contributed by atoms with Crippen LogP contribution in [0.1, 0.15) is 18.4 Å². The average Bonchev–Trinajstić information content (AvgIpc) is 3.19. The monoisotopic (exact) mass is 403 g/mol. The lowest BCUT2D eigenvalue weighted by atomic mass is 9.97. The van der Waals surface area contributed by atoms with E-state index in [0.717, 1.165) is 48.3 Å². The predicted molar refractivity (Wildman–Crippen MR) is 117 cm³/mol. The minimum Gasteiger partial charge on any atom is -0.423 e. The zero-order chi connectivity index (χ0) is 20.8. The number of esters is 1. The largest absolute Gasteiger partial charge is 0.423 e. The van der Waals surface area contributed by atoms with Gasteiger partial charge in [0, 0.05) is 18.8 Å². The van der Waals surface area contributed by atoms with Gasteiger partial charge in [-0.2, -0.15) is 5.10 Å². The highest BCUT2D eigenvalue weighted by Gasteiger charge is 2.31. The van der Waals surface area contributed by atoms with Crippen LogP contribution in [0.2, 0.25) is 0 Å². The van der Waals surface area contributed by atoms with Gasteiger partial charge in [0.15, 0.2) is 0 Å². The van der Waals surface area contributed by atoms with Crippen molar-refractivity contribution in [2.45, 2.75) is 12.8 Å². The average molecular weight is 403 g/mol. The molecule has 0 amide bonds. The summed E-state index contributed by atoms with van der Waals surface area (Å²) in [6.07, 6.45) is 3.20. The molecule has 1 aliphatic heterocycles. The van der Waals surface area contributed by atoms with E-state index in [9.17, 15) is 4.79 Å². The first-order chi connectivity index (χ1) is 14.8. The highest BCUT2D eigenvalue weighted by atomic mass is 16.5. The van der Waals surface area contributed by atoms with Crippen molar-refractivity contribution in [2.24, 2.45) is 10.9 Å². The van der Waals surface area contributed by atoms with Crippen molar-refractivity contribution in [2.75, 3.05) is 26.3 Å². The standard InChI is InChI=1S/C24H25N3O3/c25-26-17-19-11-12-21(23(19)27-13-15-29-16-14-27)22(18-7-3-1-4-8-18)24(28)30-20-9-5-2-6-10-20/h1-10,17H,11-16,25H2. The van der Waals surface area contributed by atoms with Gasteiger partial charge in [0.2, 0.25) is 0 Å². The summed E-state index contributed by atoms with van der Waals surface area (Å²) in [5.41, 5.74) is 4.46. The van der Waals surface area contributed by atoms with E-state index in [1.807, 2.05) is 48.5 Å². The molecule has 0 bridgehead atoms. The molecule has 2 N–H and O–H groups in total. The number of hydrogen-bond acceptors (Lipinski definition) is 6. The summed E-state index contributed by atoms with van der Waals surface area (Å²) in [6, 6.07) is 18.8. The lowest BCUT2D eigenvalue weighted by Gasteiger charge is -2.32. The molecule has 6 heteroatoms. The Bertz CT molecular complexity index is 975. The highest BCUT2D eigenvalue weighted by molar-refractivity contribution is 6.19. The minimum atomic E-state index is -0.362. The molecule has 0 radical (unpaired) electrons. The first kappa shape index (κ1) is 19.9. The van der Waals surface area contributed by atoms with Gasteiger partial charge in [-0.3, -0.25) is 0 Å². The molecule has 0 saturated carbocycles. The Hall–Kier alpha value is -3.38. The molecule has 1 aliphatic carbocycles. The number of nitrogens with zero attached hydrogens (tertiary/aromatic N) is 2. The van der Waals surface area contributed by atoms with Gasteiger partial charge < -0.3 is 20.2 Å². The van der Waals surface area contributed by atoms with Gasteiger partial charge in [0.25, 0.3) is 0 Å². The Kier molecular flexibility index (Phi) is 6.25. The highest BCUT2D eigenvalue weighted by Crippen LogP contribution is 2.39. The van der Waals surface area contributed by atoms with Gasteiger partial charge in [0.1, 0.15) is 5.75 Å². The van der Waals surface area contributed by atoms with E-state index in [1.54, 1.807) is 18.3 Å². The summed E-state index contributed by atoms with van der Waals surface area (Å²) in [5, 5.41) is 3.76. The predicted octanol–water partition coefficient (Wildman–Crippen LogP) is 3.37. The molecule has 2 aromatic rings. The van der Waals surface area contributed by atoms with Crippen molar-refractivity contribution < 1.29 is 14.3 Å². The van der Waals surface area contributed by atoms with Crippen LogP contribution in [0.15, 0.2) is 82.6 Å². The number of allylic oxidation sites excluding steroid dienone is 2. The molecule has 154 valence electrons. The fourth-order valence-corrected chi connectivity index (χ4v) is 4.00. The number of ether oxygens (including phenoxy) is 2. The van der Waals surface area contributed by atoms with Crippen LogP contribution in [-0.4, -0.2) is 43.4 Å². The van der Waals surface area contributed by atoms with Crippen molar-refractivity contribution >= 4 is 17.8 Å². The van der Waals surface area contributed by atoms with Gasteiger partial charge in [0.05, 0.1) is 25.0 Å². The molecule has 2 aliphatic rings. The van der Waals surface area contributed by atoms with Crippen LogP contribution < -0.4 is 10.6 Å². The molecule has 2 aromatic carbocycles. The molecule has 0 atom stereocenters. The Balaban J connectivity index is 1.82. The lowest BCUT2D eigenvalue weighted by molar-refractivity contribution is -0.128. The fourth-order valence-electron chi connectivity index (χ4n) is 4.00. The second-order valence-electron chi connectivity index (χ2n) is 7.17. The van der Waals surface area contributed by atoms with Crippen LogP contribution in [0.25, 0.3) is 5.57 Å². The Labute approximate surface area is 176 Å². The van der Waals surface area contributed by atoms with Gasteiger partial charge >= 0.3 is 5.97 Å². The SMILES string of the molecule is NN=CC1=C(N2CCOCC2)C(=C(C(=O)Oc2ccccc2)c2ccccc2)CC1. The topological polar surface area (TPSA) is 77.1 Å². The molecule has 1 fully saturated rings. The number of hydrogen-bond donors (Lipinski definition) is 1. The summed E-state index contributed by atoms with van der Waals surface area (Å²) < 4.78 is 11.3. The van der Waals surface area contributed by atoms with Gasteiger partial charge in [-0.1, -0.05) is 48.5 Å². The number of carbonyl (C=O) groups excluding carboxylic acids is 1. The summed E-state index contributed by atoms with van der Waals surface area (Å²) >= 11 is 0. The smallest absolute Gasteiger partial charge is 0.344 e. The lowest BCUT2D eigenvalue weighted by Crippen LogP contribution is -2.36. The normalized spacial score (nSPS) is 18.7. The van der Waals surface area contributed by atoms with Crippen molar-refractivity contribution in [1.29, 1.82) is 0 Å². The Morgan fingerprint density at radius 3 is 2.33 bits per heavy atom. The third-order valence-electron chi connectivity index (χ3n) is 5.31. The van der Waals surface area contributed by atoms with Crippen molar-refractivity contribution in [3.63, 3.8) is 0 Å². The third-order valence-corrected chi connectivity index (χ3v) is 5.31. The molecule has 0 spiro atoms. The first-order valence-corrected chi connectivity index (χ1v) is 10.1. The number of benzene rings is 2. The maximum absolute atomic E-state index is 13.4. The second-order valence-corrected chi connectivity index (χ2v) is 7.17. The molecule has 1 saturated heterocycles. The fraction of sp³-hybridized carbons (Fsp3) is 0.250. The zero-order valence-electron chi connectivity index (χ0n) is 16.8. The van der Waals surface area contributed by atoms with Crippen molar-refractivity contribution in [3.05, 3.63) is 83.1 Å². The van der Waals surface area contributed by atoms with Gasteiger partial charge in [-0.05, 0) is 41.7 Å². The number of para-hydroxylation sites is 1. The number of carbonyl (C=O) groups is 1. The summed E-state index contributed by atoms with van der Waals surface area (Å²) in [4.78, 5) is 15.7. The zero-order valence-corrected chi connectivity index (χ0v) is 16.8. The number of rotatable bonds is 5. The van der Waals surface area contributed by atoms with E-state index in [4.69, 9.17) is 15.3 Å². The van der Waals surface area contributed by atoms with E-state index < -0.39 is 0 Å². The Morgan fingerprint density at radius 2 is 1.67 bits per heavy atom. The maximum atomic E-state index is 13.4. The van der Waals surface area contributed by atoms with Gasteiger partial charge in [-0.25, -0.2) is 4.79 Å². The number of nitrogens with two attached hydrogens (primary N) is 1. The molecule has 0 unspecified atom stereocenters. The van der Waals surface area contributed by atoms with Gasteiger partial charge in [-0.15, -0.1) is 0 Å². The number of morpholine rings is 1. The number of hydrazone groups is 1. The Morgan fingerprint density at radius 1 is 1.00 bits per heavy atom. The summed E-state index contributed by atoms with van der Waals surface area (Å²) in [7, 11) is 0. The van der Waals surface area contributed by atoms with E-state index in [1.165, 1.54) is 0 Å². The molecular weight excluding hydrogens is 378 g/mol. The minimum absolute atomic E-state index is 0.362.